The summed E-state index contributed by atoms with van der Waals surface area (Å²) in [5.41, 5.74) is 2.33. The maximum absolute atomic E-state index is 4.62. The number of hydrogen-bond donors (Lipinski definition) is 1. The van der Waals surface area contributed by atoms with E-state index in [0.717, 1.165) is 17.1 Å². The fourth-order valence-corrected chi connectivity index (χ4v) is 2.92. The molecule has 2 heterocycles. The van der Waals surface area contributed by atoms with E-state index in [2.05, 4.69) is 40.4 Å². The standard InChI is InChI=1S/C15H15N3S/c1-11(12-6-8-16-9-7-12)17-10-15-18-13-4-2-3-5-14(13)19-15/h2-9,11,17H,10H2,1H3/t11-/m0/s1. The van der Waals surface area contributed by atoms with Gasteiger partial charge in [0.05, 0.1) is 10.2 Å². The Bertz CT molecular complexity index is 630. The van der Waals surface area contributed by atoms with Gasteiger partial charge in [-0.2, -0.15) is 0 Å². The quantitative estimate of drug-likeness (QED) is 0.787. The first-order valence-electron chi connectivity index (χ1n) is 6.31. The summed E-state index contributed by atoms with van der Waals surface area (Å²) in [6.45, 7) is 2.95. The van der Waals surface area contributed by atoms with Crippen LogP contribution in [0, 0.1) is 0 Å². The van der Waals surface area contributed by atoms with Gasteiger partial charge >= 0.3 is 0 Å². The Labute approximate surface area is 116 Å². The molecule has 0 saturated heterocycles. The Hall–Kier alpha value is -1.78. The lowest BCUT2D eigenvalue weighted by molar-refractivity contribution is 0.573. The number of nitrogens with one attached hydrogen (secondary N) is 1. The van der Waals surface area contributed by atoms with Crippen LogP contribution in [0.4, 0.5) is 0 Å². The molecule has 3 rings (SSSR count). The Morgan fingerprint density at radius 1 is 1.16 bits per heavy atom. The van der Waals surface area contributed by atoms with Crippen LogP contribution < -0.4 is 5.32 Å². The minimum absolute atomic E-state index is 0.301. The molecule has 3 aromatic rings. The maximum Gasteiger partial charge on any atom is 0.108 e. The Kier molecular flexibility index (Phi) is 3.53. The second kappa shape index (κ2) is 5.47. The predicted octanol–water partition coefficient (Wildman–Crippen LogP) is 3.54. The molecule has 0 spiro atoms. The van der Waals surface area contributed by atoms with Crippen LogP contribution in [0.5, 0.6) is 0 Å². The highest BCUT2D eigenvalue weighted by atomic mass is 32.1. The van der Waals surface area contributed by atoms with Crippen molar-refractivity contribution in [1.82, 2.24) is 15.3 Å². The number of rotatable bonds is 4. The van der Waals surface area contributed by atoms with Crippen LogP contribution in [0.15, 0.2) is 48.8 Å². The normalized spacial score (nSPS) is 12.7. The van der Waals surface area contributed by atoms with Crippen LogP contribution in [0.3, 0.4) is 0 Å². The zero-order valence-corrected chi connectivity index (χ0v) is 11.5. The summed E-state index contributed by atoms with van der Waals surface area (Å²) in [7, 11) is 0. The molecule has 2 aromatic heterocycles. The van der Waals surface area contributed by atoms with E-state index >= 15 is 0 Å². The molecule has 1 aromatic carbocycles. The first kappa shape index (κ1) is 12.3. The van der Waals surface area contributed by atoms with E-state index in [4.69, 9.17) is 0 Å². The molecule has 0 aliphatic carbocycles. The van der Waals surface area contributed by atoms with E-state index in [0.29, 0.717) is 6.04 Å². The molecular weight excluding hydrogens is 254 g/mol. The number of fused-ring (bicyclic) bond motifs is 1. The largest absolute Gasteiger partial charge is 0.304 e. The Morgan fingerprint density at radius 2 is 1.95 bits per heavy atom. The van der Waals surface area contributed by atoms with Gasteiger partial charge in [-0.05, 0) is 36.8 Å². The summed E-state index contributed by atoms with van der Waals surface area (Å²) in [4.78, 5) is 8.66. The molecule has 0 saturated carbocycles. The summed E-state index contributed by atoms with van der Waals surface area (Å²) in [6, 6.07) is 12.6. The van der Waals surface area contributed by atoms with E-state index in [1.807, 2.05) is 30.6 Å². The molecule has 0 unspecified atom stereocenters. The van der Waals surface area contributed by atoms with Crippen molar-refractivity contribution in [3.8, 4) is 0 Å². The monoisotopic (exact) mass is 269 g/mol. The zero-order valence-electron chi connectivity index (χ0n) is 10.7. The molecule has 0 amide bonds. The van der Waals surface area contributed by atoms with Gasteiger partial charge < -0.3 is 5.32 Å². The zero-order chi connectivity index (χ0) is 13.1. The van der Waals surface area contributed by atoms with E-state index in [9.17, 15) is 0 Å². The first-order chi connectivity index (χ1) is 9.33. The third kappa shape index (κ3) is 2.80. The van der Waals surface area contributed by atoms with Crippen molar-refractivity contribution >= 4 is 21.6 Å². The molecule has 4 heteroatoms. The van der Waals surface area contributed by atoms with Crippen LogP contribution in [0.2, 0.25) is 0 Å². The van der Waals surface area contributed by atoms with Crippen LogP contribution in [-0.4, -0.2) is 9.97 Å². The third-order valence-electron chi connectivity index (χ3n) is 3.10. The molecule has 0 fully saturated rings. The Balaban J connectivity index is 1.69. The number of benzene rings is 1. The molecule has 19 heavy (non-hydrogen) atoms. The average Bonchev–Trinajstić information content (AvgIpc) is 2.88. The molecule has 1 atom stereocenters. The van der Waals surface area contributed by atoms with Crippen molar-refractivity contribution in [3.63, 3.8) is 0 Å². The van der Waals surface area contributed by atoms with Crippen molar-refractivity contribution in [2.45, 2.75) is 19.5 Å². The summed E-state index contributed by atoms with van der Waals surface area (Å²) < 4.78 is 1.25. The van der Waals surface area contributed by atoms with Crippen molar-refractivity contribution < 1.29 is 0 Å². The summed E-state index contributed by atoms with van der Waals surface area (Å²) >= 11 is 1.75. The number of aromatic nitrogens is 2. The van der Waals surface area contributed by atoms with Gasteiger partial charge in [0.15, 0.2) is 0 Å². The van der Waals surface area contributed by atoms with Gasteiger partial charge in [-0.3, -0.25) is 4.98 Å². The fourth-order valence-electron chi connectivity index (χ4n) is 2.01. The van der Waals surface area contributed by atoms with Gasteiger partial charge in [-0.15, -0.1) is 11.3 Å². The lowest BCUT2D eigenvalue weighted by Gasteiger charge is -2.12. The number of pyridine rings is 1. The smallest absolute Gasteiger partial charge is 0.108 e. The van der Waals surface area contributed by atoms with Gasteiger partial charge in [0.1, 0.15) is 5.01 Å². The maximum atomic E-state index is 4.62. The predicted molar refractivity (Wildman–Crippen MR) is 79.1 cm³/mol. The lowest BCUT2D eigenvalue weighted by Crippen LogP contribution is -2.17. The molecule has 3 nitrogen and oxygen atoms in total. The van der Waals surface area contributed by atoms with Gasteiger partial charge in [-0.25, -0.2) is 4.98 Å². The third-order valence-corrected chi connectivity index (χ3v) is 4.14. The topological polar surface area (TPSA) is 37.8 Å². The highest BCUT2D eigenvalue weighted by Crippen LogP contribution is 2.22. The van der Waals surface area contributed by atoms with Gasteiger partial charge in [-0.1, -0.05) is 12.1 Å². The van der Waals surface area contributed by atoms with Crippen LogP contribution in [-0.2, 0) is 6.54 Å². The number of thiazole rings is 1. The van der Waals surface area contributed by atoms with Gasteiger partial charge in [0.25, 0.3) is 0 Å². The van der Waals surface area contributed by atoms with Crippen molar-refractivity contribution in [3.05, 3.63) is 59.4 Å². The van der Waals surface area contributed by atoms with Crippen molar-refractivity contribution in [2.75, 3.05) is 0 Å². The molecule has 0 aliphatic rings. The lowest BCUT2D eigenvalue weighted by atomic mass is 10.1. The number of para-hydroxylation sites is 1. The van der Waals surface area contributed by atoms with Crippen molar-refractivity contribution in [2.24, 2.45) is 0 Å². The first-order valence-corrected chi connectivity index (χ1v) is 7.12. The van der Waals surface area contributed by atoms with E-state index in [-0.39, 0.29) is 0 Å². The average molecular weight is 269 g/mol. The number of nitrogens with zero attached hydrogens (tertiary/aromatic N) is 2. The fraction of sp³-hybridized carbons (Fsp3) is 0.200. The van der Waals surface area contributed by atoms with Gasteiger partial charge in [0.2, 0.25) is 0 Å². The molecule has 0 aliphatic heterocycles. The van der Waals surface area contributed by atoms with Crippen LogP contribution >= 0.6 is 11.3 Å². The van der Waals surface area contributed by atoms with E-state index < -0.39 is 0 Å². The highest BCUT2D eigenvalue weighted by molar-refractivity contribution is 7.18. The van der Waals surface area contributed by atoms with Crippen LogP contribution in [0.25, 0.3) is 10.2 Å². The number of hydrogen-bond acceptors (Lipinski definition) is 4. The minimum Gasteiger partial charge on any atom is -0.304 e. The molecule has 0 bridgehead atoms. The van der Waals surface area contributed by atoms with Crippen molar-refractivity contribution in [1.29, 1.82) is 0 Å². The molecular formula is C15H15N3S. The second-order valence-electron chi connectivity index (χ2n) is 4.46. The summed E-state index contributed by atoms with van der Waals surface area (Å²) in [6.07, 6.45) is 3.65. The van der Waals surface area contributed by atoms with Gasteiger partial charge in [0, 0.05) is 25.0 Å². The summed E-state index contributed by atoms with van der Waals surface area (Å²) in [5, 5.41) is 4.62. The molecule has 96 valence electrons. The Morgan fingerprint density at radius 3 is 2.74 bits per heavy atom. The van der Waals surface area contributed by atoms with E-state index in [1.165, 1.54) is 10.3 Å². The minimum atomic E-state index is 0.301. The second-order valence-corrected chi connectivity index (χ2v) is 5.57. The van der Waals surface area contributed by atoms with Crippen LogP contribution in [0.1, 0.15) is 23.5 Å². The van der Waals surface area contributed by atoms with E-state index in [1.54, 1.807) is 11.3 Å². The highest BCUT2D eigenvalue weighted by Gasteiger charge is 2.07. The molecule has 0 radical (unpaired) electrons. The summed E-state index contributed by atoms with van der Waals surface area (Å²) in [5.74, 6) is 0. The SMILES string of the molecule is C[C@H](NCc1nc2ccccc2s1)c1ccncc1. The molecule has 1 N–H and O–H groups in total.